The van der Waals surface area contributed by atoms with Crippen LogP contribution in [0.5, 0.6) is 0 Å². The first-order chi connectivity index (χ1) is 9.61. The van der Waals surface area contributed by atoms with Crippen molar-refractivity contribution < 1.29 is 9.90 Å². The summed E-state index contributed by atoms with van der Waals surface area (Å²) in [6, 6.07) is 8.02. The van der Waals surface area contributed by atoms with Crippen LogP contribution < -0.4 is 0 Å². The van der Waals surface area contributed by atoms with Gasteiger partial charge in [-0.1, -0.05) is 24.6 Å². The minimum Gasteiger partial charge on any atom is -0.478 e. The van der Waals surface area contributed by atoms with Crippen LogP contribution in [0.4, 0.5) is 0 Å². The summed E-state index contributed by atoms with van der Waals surface area (Å²) < 4.78 is 1.80. The molecule has 0 atom stereocenters. The molecule has 1 N–H and O–H groups in total. The topological polar surface area (TPSA) is 55.1 Å². The van der Waals surface area contributed by atoms with E-state index in [0.717, 1.165) is 29.9 Å². The quantitative estimate of drug-likeness (QED) is 0.927. The van der Waals surface area contributed by atoms with Gasteiger partial charge in [0.2, 0.25) is 0 Å². The Hall–Kier alpha value is -2.10. The molecule has 1 aliphatic carbocycles. The third-order valence-electron chi connectivity index (χ3n) is 3.80. The van der Waals surface area contributed by atoms with E-state index in [1.807, 2.05) is 38.1 Å². The molecule has 3 rings (SSSR count). The fourth-order valence-corrected chi connectivity index (χ4v) is 2.57. The van der Waals surface area contributed by atoms with Gasteiger partial charge >= 0.3 is 5.97 Å². The van der Waals surface area contributed by atoms with Gasteiger partial charge in [-0.15, -0.1) is 0 Å². The Morgan fingerprint density at radius 2 is 2.00 bits per heavy atom. The Kier molecular flexibility index (Phi) is 3.08. The van der Waals surface area contributed by atoms with Crippen molar-refractivity contribution in [1.29, 1.82) is 0 Å². The fraction of sp³-hybridized carbons (Fsp3) is 0.375. The predicted octanol–water partition coefficient (Wildman–Crippen LogP) is 3.32. The third kappa shape index (κ3) is 2.11. The number of benzene rings is 1. The lowest BCUT2D eigenvalue weighted by Crippen LogP contribution is -2.06. The molecule has 0 spiro atoms. The van der Waals surface area contributed by atoms with Gasteiger partial charge in [0.15, 0.2) is 0 Å². The Morgan fingerprint density at radius 3 is 2.50 bits per heavy atom. The molecular weight excluding hydrogens is 252 g/mol. The van der Waals surface area contributed by atoms with Gasteiger partial charge < -0.3 is 5.11 Å². The minimum absolute atomic E-state index is 0.332. The van der Waals surface area contributed by atoms with E-state index in [1.54, 1.807) is 4.68 Å². The lowest BCUT2D eigenvalue weighted by atomic mass is 10.1. The summed E-state index contributed by atoms with van der Waals surface area (Å²) in [5.74, 6) is -0.528. The molecular formula is C16H18N2O2. The average molecular weight is 270 g/mol. The van der Waals surface area contributed by atoms with E-state index in [4.69, 9.17) is 0 Å². The number of nitrogens with zero attached hydrogens (tertiary/aromatic N) is 2. The lowest BCUT2D eigenvalue weighted by molar-refractivity contribution is 0.0694. The second-order valence-electron chi connectivity index (χ2n) is 5.39. The molecule has 4 nitrogen and oxygen atoms in total. The van der Waals surface area contributed by atoms with E-state index in [9.17, 15) is 9.90 Å². The van der Waals surface area contributed by atoms with Gasteiger partial charge in [-0.2, -0.15) is 5.10 Å². The van der Waals surface area contributed by atoms with Gasteiger partial charge in [-0.3, -0.25) is 0 Å². The maximum Gasteiger partial charge on any atom is 0.339 e. The largest absolute Gasteiger partial charge is 0.478 e. The van der Waals surface area contributed by atoms with Crippen LogP contribution in [0.15, 0.2) is 24.3 Å². The second-order valence-corrected chi connectivity index (χ2v) is 5.39. The first-order valence-electron chi connectivity index (χ1n) is 7.04. The van der Waals surface area contributed by atoms with Crippen molar-refractivity contribution in [2.75, 3.05) is 0 Å². The fourth-order valence-electron chi connectivity index (χ4n) is 2.57. The number of rotatable bonds is 4. The predicted molar refractivity (Wildman–Crippen MR) is 76.6 cm³/mol. The highest BCUT2D eigenvalue weighted by Crippen LogP contribution is 2.42. The normalized spacial score (nSPS) is 14.5. The van der Waals surface area contributed by atoms with Crippen LogP contribution >= 0.6 is 0 Å². The Bertz CT molecular complexity index is 652. The SMILES string of the molecule is CCc1c(C(=O)O)c(C2CC2)nn1-c1ccc(C)cc1. The number of aryl methyl sites for hydroxylation is 1. The smallest absolute Gasteiger partial charge is 0.339 e. The summed E-state index contributed by atoms with van der Waals surface area (Å²) in [6.45, 7) is 4.01. The van der Waals surface area contributed by atoms with Gasteiger partial charge in [0.05, 0.1) is 17.1 Å². The standard InChI is InChI=1S/C16H18N2O2/c1-3-13-14(16(19)20)15(11-6-7-11)17-18(13)12-8-4-10(2)5-9-12/h4-5,8-9,11H,3,6-7H2,1-2H3,(H,19,20). The van der Waals surface area contributed by atoms with Crippen molar-refractivity contribution in [3.8, 4) is 5.69 Å². The van der Waals surface area contributed by atoms with E-state index in [2.05, 4.69) is 5.10 Å². The molecule has 0 bridgehead atoms. The van der Waals surface area contributed by atoms with Crippen molar-refractivity contribution in [2.24, 2.45) is 0 Å². The molecule has 0 aliphatic heterocycles. The summed E-state index contributed by atoms with van der Waals surface area (Å²) in [5, 5.41) is 14.1. The van der Waals surface area contributed by atoms with E-state index in [1.165, 1.54) is 5.56 Å². The van der Waals surface area contributed by atoms with Gasteiger partial charge in [0.1, 0.15) is 5.56 Å². The van der Waals surface area contributed by atoms with Crippen molar-refractivity contribution in [2.45, 2.75) is 39.0 Å². The Labute approximate surface area is 118 Å². The van der Waals surface area contributed by atoms with Crippen LogP contribution in [0, 0.1) is 6.92 Å². The van der Waals surface area contributed by atoms with Gasteiger partial charge in [0, 0.05) is 5.92 Å². The van der Waals surface area contributed by atoms with Crippen molar-refractivity contribution in [3.05, 3.63) is 46.8 Å². The summed E-state index contributed by atoms with van der Waals surface area (Å²) in [4.78, 5) is 11.6. The first kappa shape index (κ1) is 12.9. The first-order valence-corrected chi connectivity index (χ1v) is 7.04. The summed E-state index contributed by atoms with van der Waals surface area (Å²) in [6.07, 6.45) is 2.76. The summed E-state index contributed by atoms with van der Waals surface area (Å²) >= 11 is 0. The highest BCUT2D eigenvalue weighted by atomic mass is 16.4. The molecule has 2 aromatic rings. The maximum atomic E-state index is 11.6. The van der Waals surface area contributed by atoms with Crippen LogP contribution in [-0.2, 0) is 6.42 Å². The molecule has 0 saturated heterocycles. The monoisotopic (exact) mass is 270 g/mol. The molecule has 0 unspecified atom stereocenters. The molecule has 1 saturated carbocycles. The molecule has 1 heterocycles. The van der Waals surface area contributed by atoms with E-state index in [0.29, 0.717) is 17.9 Å². The zero-order valence-electron chi connectivity index (χ0n) is 11.8. The maximum absolute atomic E-state index is 11.6. The zero-order valence-corrected chi connectivity index (χ0v) is 11.8. The van der Waals surface area contributed by atoms with Gasteiger partial charge in [-0.25, -0.2) is 9.48 Å². The number of carboxylic acid groups (broad SMARTS) is 1. The average Bonchev–Trinajstić information content (AvgIpc) is 3.19. The van der Waals surface area contributed by atoms with Crippen LogP contribution in [-0.4, -0.2) is 20.9 Å². The molecule has 1 aliphatic rings. The van der Waals surface area contributed by atoms with Crippen molar-refractivity contribution >= 4 is 5.97 Å². The van der Waals surface area contributed by atoms with Crippen molar-refractivity contribution in [3.63, 3.8) is 0 Å². The summed E-state index contributed by atoms with van der Waals surface area (Å²) in [7, 11) is 0. The number of hydrogen-bond donors (Lipinski definition) is 1. The number of aromatic nitrogens is 2. The Morgan fingerprint density at radius 1 is 1.35 bits per heavy atom. The number of aromatic carboxylic acids is 1. The molecule has 1 fully saturated rings. The van der Waals surface area contributed by atoms with E-state index in [-0.39, 0.29) is 0 Å². The highest BCUT2D eigenvalue weighted by Gasteiger charge is 2.34. The summed E-state index contributed by atoms with van der Waals surface area (Å²) in [5.41, 5.74) is 4.08. The van der Waals surface area contributed by atoms with Crippen LogP contribution in [0.1, 0.15) is 53.0 Å². The molecule has 1 aromatic heterocycles. The molecule has 20 heavy (non-hydrogen) atoms. The Balaban J connectivity index is 2.17. The van der Waals surface area contributed by atoms with Gasteiger partial charge in [-0.05, 0) is 38.3 Å². The number of hydrogen-bond acceptors (Lipinski definition) is 2. The number of carbonyl (C=O) groups is 1. The van der Waals surface area contributed by atoms with Gasteiger partial charge in [0.25, 0.3) is 0 Å². The van der Waals surface area contributed by atoms with Crippen LogP contribution in [0.2, 0.25) is 0 Å². The number of carboxylic acids is 1. The lowest BCUT2D eigenvalue weighted by Gasteiger charge is -2.06. The van der Waals surface area contributed by atoms with Crippen LogP contribution in [0.25, 0.3) is 5.69 Å². The minimum atomic E-state index is -0.859. The molecule has 1 aromatic carbocycles. The second kappa shape index (κ2) is 4.78. The zero-order chi connectivity index (χ0) is 14.3. The van der Waals surface area contributed by atoms with E-state index < -0.39 is 5.97 Å². The molecule has 4 heteroatoms. The van der Waals surface area contributed by atoms with Crippen molar-refractivity contribution in [1.82, 2.24) is 9.78 Å². The molecule has 0 amide bonds. The van der Waals surface area contributed by atoms with E-state index >= 15 is 0 Å². The molecule has 0 radical (unpaired) electrons. The third-order valence-corrected chi connectivity index (χ3v) is 3.80. The highest BCUT2D eigenvalue weighted by molar-refractivity contribution is 5.91. The van der Waals surface area contributed by atoms with Crippen LogP contribution in [0.3, 0.4) is 0 Å². The molecule has 104 valence electrons.